The standard InChI is InChI=1S/C3H7NO2.2Li/c1-2-3-4(5)6;;/h2-3H2,1H3;;/q;2*+1. The molecule has 0 rings (SSSR count). The van der Waals surface area contributed by atoms with Gasteiger partial charge in [-0.2, -0.15) is 0 Å². The van der Waals surface area contributed by atoms with Crippen molar-refractivity contribution in [2.24, 2.45) is 0 Å². The molecular weight excluding hydrogens is 95.9 g/mol. The van der Waals surface area contributed by atoms with Crippen molar-refractivity contribution in [3.63, 3.8) is 0 Å². The van der Waals surface area contributed by atoms with Crippen LogP contribution in [-0.2, 0) is 0 Å². The van der Waals surface area contributed by atoms with Gasteiger partial charge in [0.1, 0.15) is 0 Å². The second-order valence-corrected chi connectivity index (χ2v) is 1.06. The van der Waals surface area contributed by atoms with Gasteiger partial charge in [-0.15, -0.1) is 0 Å². The van der Waals surface area contributed by atoms with E-state index in [1.165, 1.54) is 0 Å². The van der Waals surface area contributed by atoms with Gasteiger partial charge in [0.2, 0.25) is 6.54 Å². The first-order valence-corrected chi connectivity index (χ1v) is 1.89. The molecule has 0 aromatic rings. The van der Waals surface area contributed by atoms with E-state index in [0.29, 0.717) is 6.42 Å². The molecule has 3 nitrogen and oxygen atoms in total. The van der Waals surface area contributed by atoms with E-state index >= 15 is 0 Å². The van der Waals surface area contributed by atoms with Crippen LogP contribution >= 0.6 is 0 Å². The van der Waals surface area contributed by atoms with Crippen LogP contribution in [0.15, 0.2) is 0 Å². The maximum atomic E-state index is 9.40. The zero-order valence-corrected chi connectivity index (χ0v) is 5.68. The smallest absolute Gasteiger partial charge is 0.265 e. The maximum Gasteiger partial charge on any atom is 1.00 e. The van der Waals surface area contributed by atoms with Gasteiger partial charge in [0, 0.05) is 11.3 Å². The van der Waals surface area contributed by atoms with E-state index in [1.807, 2.05) is 0 Å². The van der Waals surface area contributed by atoms with Crippen LogP contribution in [0.4, 0.5) is 0 Å². The molecule has 0 fully saturated rings. The molecular formula is C3H7Li2NO2+2. The van der Waals surface area contributed by atoms with Gasteiger partial charge < -0.3 is 0 Å². The van der Waals surface area contributed by atoms with Crippen molar-refractivity contribution in [3.8, 4) is 0 Å². The molecule has 0 aliphatic rings. The number of hydrogen-bond donors (Lipinski definition) is 0. The first-order chi connectivity index (χ1) is 2.77. The average molecular weight is 103 g/mol. The van der Waals surface area contributed by atoms with Gasteiger partial charge in [-0.25, -0.2) is 0 Å². The van der Waals surface area contributed by atoms with Crippen LogP contribution in [0.25, 0.3) is 0 Å². The molecule has 0 saturated heterocycles. The van der Waals surface area contributed by atoms with E-state index in [1.54, 1.807) is 6.92 Å². The van der Waals surface area contributed by atoms with E-state index in [9.17, 15) is 10.1 Å². The molecule has 0 N–H and O–H groups in total. The van der Waals surface area contributed by atoms with Crippen LogP contribution in [0.3, 0.4) is 0 Å². The normalized spacial score (nSPS) is 6.12. The summed E-state index contributed by atoms with van der Waals surface area (Å²) >= 11 is 0. The van der Waals surface area contributed by atoms with Crippen LogP contribution in [0.2, 0.25) is 0 Å². The predicted molar refractivity (Wildman–Crippen MR) is 22.2 cm³/mol. The molecule has 8 heavy (non-hydrogen) atoms. The summed E-state index contributed by atoms with van der Waals surface area (Å²) in [5.74, 6) is 0. The zero-order chi connectivity index (χ0) is 4.99. The average Bonchev–Trinajstić information content (AvgIpc) is 1.35. The number of nitro groups is 1. The van der Waals surface area contributed by atoms with Crippen molar-refractivity contribution >= 4 is 0 Å². The van der Waals surface area contributed by atoms with Gasteiger partial charge in [0.05, 0.1) is 0 Å². The molecule has 0 radical (unpaired) electrons. The summed E-state index contributed by atoms with van der Waals surface area (Å²) in [6.45, 7) is 1.88. The fourth-order valence-electron chi connectivity index (χ4n) is 0.183. The Labute approximate surface area is 72.7 Å². The first-order valence-electron chi connectivity index (χ1n) is 1.89. The van der Waals surface area contributed by atoms with Gasteiger partial charge in [0.25, 0.3) is 0 Å². The maximum absolute atomic E-state index is 9.40. The third kappa shape index (κ3) is 16.0. The Hall–Kier alpha value is 0.595. The molecule has 0 amide bonds. The Morgan fingerprint density at radius 1 is 1.50 bits per heavy atom. The van der Waals surface area contributed by atoms with Gasteiger partial charge in [0.15, 0.2) is 0 Å². The van der Waals surface area contributed by atoms with E-state index in [-0.39, 0.29) is 49.2 Å². The molecule has 0 aromatic carbocycles. The van der Waals surface area contributed by atoms with Gasteiger partial charge >= 0.3 is 37.7 Å². The number of nitrogens with zero attached hydrogens (tertiary/aromatic N) is 1. The minimum atomic E-state index is -0.319. The van der Waals surface area contributed by atoms with E-state index in [0.717, 1.165) is 0 Å². The van der Waals surface area contributed by atoms with Crippen LogP contribution in [-0.4, -0.2) is 11.5 Å². The van der Waals surface area contributed by atoms with Crippen molar-refractivity contribution in [1.82, 2.24) is 0 Å². The summed E-state index contributed by atoms with van der Waals surface area (Å²) in [4.78, 5) is 9.09. The van der Waals surface area contributed by atoms with Crippen LogP contribution in [0.1, 0.15) is 13.3 Å². The second kappa shape index (κ2) is 10.6. The zero-order valence-electron chi connectivity index (χ0n) is 5.68. The Balaban J connectivity index is -0.000000125. The Bertz CT molecular complexity index is 59.2. The SMILES string of the molecule is CCC[N+](=O)[O-].[Li+].[Li+]. The summed E-state index contributed by atoms with van der Waals surface area (Å²) in [5.41, 5.74) is 0. The molecule has 0 aliphatic carbocycles. The van der Waals surface area contributed by atoms with Crippen molar-refractivity contribution in [2.45, 2.75) is 13.3 Å². The molecule has 5 heteroatoms. The largest absolute Gasteiger partial charge is 1.00 e. The van der Waals surface area contributed by atoms with Crippen molar-refractivity contribution in [3.05, 3.63) is 10.1 Å². The monoisotopic (exact) mass is 103 g/mol. The molecule has 36 valence electrons. The Kier molecular flexibility index (Phi) is 20.9. The number of hydrogen-bond acceptors (Lipinski definition) is 2. The molecule has 0 heterocycles. The molecule has 0 atom stereocenters. The summed E-state index contributed by atoms with van der Waals surface area (Å²) in [5, 5.41) is 9.40. The second-order valence-electron chi connectivity index (χ2n) is 1.06. The van der Waals surface area contributed by atoms with E-state index < -0.39 is 0 Å². The van der Waals surface area contributed by atoms with E-state index in [2.05, 4.69) is 0 Å². The molecule has 0 spiro atoms. The summed E-state index contributed by atoms with van der Waals surface area (Å²) in [6.07, 6.45) is 0.632. The predicted octanol–water partition coefficient (Wildman–Crippen LogP) is -5.32. The van der Waals surface area contributed by atoms with Crippen molar-refractivity contribution < 1.29 is 42.6 Å². The number of rotatable bonds is 2. The fraction of sp³-hybridized carbons (Fsp3) is 1.00. The van der Waals surface area contributed by atoms with Gasteiger partial charge in [-0.3, -0.25) is 10.1 Å². The van der Waals surface area contributed by atoms with Crippen LogP contribution in [0.5, 0.6) is 0 Å². The minimum absolute atomic E-state index is 0. The Morgan fingerprint density at radius 2 is 1.88 bits per heavy atom. The summed E-state index contributed by atoms with van der Waals surface area (Å²) < 4.78 is 0. The molecule has 0 aliphatic heterocycles. The molecule has 0 saturated carbocycles. The quantitative estimate of drug-likeness (QED) is 0.199. The fourth-order valence-corrected chi connectivity index (χ4v) is 0.183. The van der Waals surface area contributed by atoms with E-state index in [4.69, 9.17) is 0 Å². The van der Waals surface area contributed by atoms with Gasteiger partial charge in [-0.1, -0.05) is 6.92 Å². The Morgan fingerprint density at radius 3 is 1.88 bits per heavy atom. The minimum Gasteiger partial charge on any atom is -0.265 e. The van der Waals surface area contributed by atoms with Crippen molar-refractivity contribution in [1.29, 1.82) is 0 Å². The van der Waals surface area contributed by atoms with Gasteiger partial charge in [-0.05, 0) is 0 Å². The summed E-state index contributed by atoms with van der Waals surface area (Å²) in [7, 11) is 0. The third-order valence-corrected chi connectivity index (χ3v) is 0.406. The third-order valence-electron chi connectivity index (χ3n) is 0.406. The molecule has 0 bridgehead atoms. The van der Waals surface area contributed by atoms with Crippen LogP contribution in [0, 0.1) is 10.1 Å². The summed E-state index contributed by atoms with van der Waals surface area (Å²) in [6, 6.07) is 0. The van der Waals surface area contributed by atoms with Crippen molar-refractivity contribution in [2.75, 3.05) is 6.54 Å². The molecule has 0 aromatic heterocycles. The van der Waals surface area contributed by atoms with Crippen LogP contribution < -0.4 is 37.7 Å². The topological polar surface area (TPSA) is 43.1 Å². The molecule has 0 unspecified atom stereocenters. The first kappa shape index (κ1) is 15.8.